The van der Waals surface area contributed by atoms with Crippen LogP contribution in [-0.2, 0) is 4.79 Å². The zero-order valence-corrected chi connectivity index (χ0v) is 14.5. The minimum atomic E-state index is -0.166. The fourth-order valence-electron chi connectivity index (χ4n) is 2.18. The van der Waals surface area contributed by atoms with Crippen LogP contribution in [0.2, 0.25) is 0 Å². The standard InChI is InChI=1S/C17H27N3O3/c1-14(21)20(11-6-10-19(2)3)12-9-18-17(22)15-7-5-8-16(13-15)23-4/h5,7-8,13H,6,9-12H2,1-4H3,(H,18,22). The maximum absolute atomic E-state index is 12.1. The number of ether oxygens (including phenoxy) is 1. The molecule has 0 radical (unpaired) electrons. The maximum Gasteiger partial charge on any atom is 0.251 e. The summed E-state index contributed by atoms with van der Waals surface area (Å²) in [6, 6.07) is 6.99. The quantitative estimate of drug-likeness (QED) is 0.743. The Bertz CT molecular complexity index is 518. The van der Waals surface area contributed by atoms with Gasteiger partial charge in [0.25, 0.3) is 5.91 Å². The normalized spacial score (nSPS) is 10.5. The summed E-state index contributed by atoms with van der Waals surface area (Å²) < 4.78 is 5.11. The second-order valence-corrected chi connectivity index (χ2v) is 5.65. The molecule has 0 aliphatic heterocycles. The highest BCUT2D eigenvalue weighted by molar-refractivity contribution is 5.94. The van der Waals surface area contributed by atoms with E-state index in [0.29, 0.717) is 30.9 Å². The number of hydrogen-bond acceptors (Lipinski definition) is 4. The Balaban J connectivity index is 2.42. The number of nitrogens with zero attached hydrogens (tertiary/aromatic N) is 2. The molecule has 0 fully saturated rings. The molecule has 0 heterocycles. The van der Waals surface area contributed by atoms with Gasteiger partial charge in [0, 0.05) is 32.1 Å². The van der Waals surface area contributed by atoms with E-state index in [0.717, 1.165) is 13.0 Å². The van der Waals surface area contributed by atoms with Gasteiger partial charge in [0.2, 0.25) is 5.91 Å². The van der Waals surface area contributed by atoms with Crippen LogP contribution in [-0.4, -0.2) is 69.0 Å². The average molecular weight is 321 g/mol. The molecule has 6 nitrogen and oxygen atoms in total. The molecular weight excluding hydrogens is 294 g/mol. The van der Waals surface area contributed by atoms with Crippen molar-refractivity contribution in [2.75, 3.05) is 47.4 Å². The van der Waals surface area contributed by atoms with Gasteiger partial charge < -0.3 is 19.9 Å². The third kappa shape index (κ3) is 7.15. The molecular formula is C17H27N3O3. The highest BCUT2D eigenvalue weighted by Crippen LogP contribution is 2.12. The van der Waals surface area contributed by atoms with Crippen LogP contribution in [0.1, 0.15) is 23.7 Å². The highest BCUT2D eigenvalue weighted by atomic mass is 16.5. The van der Waals surface area contributed by atoms with Crippen molar-refractivity contribution >= 4 is 11.8 Å². The Hall–Kier alpha value is -2.08. The summed E-state index contributed by atoms with van der Waals surface area (Å²) in [6.45, 7) is 4.12. The number of carbonyl (C=O) groups excluding carboxylic acids is 2. The zero-order valence-electron chi connectivity index (χ0n) is 14.5. The van der Waals surface area contributed by atoms with Crippen LogP contribution in [0.3, 0.4) is 0 Å². The zero-order chi connectivity index (χ0) is 17.2. The van der Waals surface area contributed by atoms with Crippen LogP contribution in [0.25, 0.3) is 0 Å². The van der Waals surface area contributed by atoms with Gasteiger partial charge in [0.05, 0.1) is 7.11 Å². The molecule has 0 unspecified atom stereocenters. The minimum Gasteiger partial charge on any atom is -0.497 e. The first-order chi connectivity index (χ1) is 10.9. The molecule has 0 spiro atoms. The second kappa shape index (κ2) is 9.84. The molecule has 6 heteroatoms. The second-order valence-electron chi connectivity index (χ2n) is 5.65. The van der Waals surface area contributed by atoms with Crippen LogP contribution in [0, 0.1) is 0 Å². The summed E-state index contributed by atoms with van der Waals surface area (Å²) in [5.74, 6) is 0.506. The lowest BCUT2D eigenvalue weighted by Gasteiger charge is -2.22. The van der Waals surface area contributed by atoms with E-state index in [-0.39, 0.29) is 11.8 Å². The molecule has 1 rings (SSSR count). The monoisotopic (exact) mass is 321 g/mol. The van der Waals surface area contributed by atoms with E-state index in [2.05, 4.69) is 10.2 Å². The van der Waals surface area contributed by atoms with E-state index < -0.39 is 0 Å². The van der Waals surface area contributed by atoms with Gasteiger partial charge in [-0.2, -0.15) is 0 Å². The van der Waals surface area contributed by atoms with Gasteiger partial charge in [-0.15, -0.1) is 0 Å². The Kier molecular flexibility index (Phi) is 8.11. The van der Waals surface area contributed by atoms with Crippen LogP contribution in [0.15, 0.2) is 24.3 Å². The molecule has 1 aromatic carbocycles. The number of methoxy groups -OCH3 is 1. The van der Waals surface area contributed by atoms with Crippen molar-refractivity contribution in [3.05, 3.63) is 29.8 Å². The minimum absolute atomic E-state index is 0.0272. The Morgan fingerprint density at radius 1 is 1.17 bits per heavy atom. The van der Waals surface area contributed by atoms with Gasteiger partial charge in [-0.05, 0) is 45.3 Å². The number of carbonyl (C=O) groups is 2. The number of nitrogens with one attached hydrogen (secondary N) is 1. The molecule has 1 aromatic rings. The summed E-state index contributed by atoms with van der Waals surface area (Å²) >= 11 is 0. The van der Waals surface area contributed by atoms with E-state index in [1.807, 2.05) is 14.1 Å². The van der Waals surface area contributed by atoms with Crippen LogP contribution >= 0.6 is 0 Å². The topological polar surface area (TPSA) is 61.9 Å². The molecule has 0 saturated heterocycles. The highest BCUT2D eigenvalue weighted by Gasteiger charge is 2.10. The van der Waals surface area contributed by atoms with Crippen LogP contribution < -0.4 is 10.1 Å². The summed E-state index contributed by atoms with van der Waals surface area (Å²) in [4.78, 5) is 27.6. The van der Waals surface area contributed by atoms with E-state index >= 15 is 0 Å². The Morgan fingerprint density at radius 2 is 1.91 bits per heavy atom. The molecule has 0 aromatic heterocycles. The predicted octanol–water partition coefficient (Wildman–Crippen LogP) is 1.23. The van der Waals surface area contributed by atoms with Gasteiger partial charge >= 0.3 is 0 Å². The first-order valence-electron chi connectivity index (χ1n) is 7.76. The third-order valence-corrected chi connectivity index (χ3v) is 3.48. The lowest BCUT2D eigenvalue weighted by molar-refractivity contribution is -0.128. The smallest absolute Gasteiger partial charge is 0.251 e. The summed E-state index contributed by atoms with van der Waals surface area (Å²) in [7, 11) is 5.58. The van der Waals surface area contributed by atoms with E-state index in [1.54, 1.807) is 43.2 Å². The molecule has 0 aliphatic rings. The fourth-order valence-corrected chi connectivity index (χ4v) is 2.18. The molecule has 0 atom stereocenters. The molecule has 0 bridgehead atoms. The molecule has 23 heavy (non-hydrogen) atoms. The van der Waals surface area contributed by atoms with Crippen molar-refractivity contribution in [3.8, 4) is 5.75 Å². The number of benzene rings is 1. The molecule has 2 amide bonds. The van der Waals surface area contributed by atoms with Gasteiger partial charge in [-0.25, -0.2) is 0 Å². The van der Waals surface area contributed by atoms with Crippen LogP contribution in [0.5, 0.6) is 5.75 Å². The van der Waals surface area contributed by atoms with Crippen molar-refractivity contribution < 1.29 is 14.3 Å². The van der Waals surface area contributed by atoms with Crippen molar-refractivity contribution in [3.63, 3.8) is 0 Å². The summed E-state index contributed by atoms with van der Waals surface area (Å²) in [6.07, 6.45) is 0.913. The van der Waals surface area contributed by atoms with E-state index in [9.17, 15) is 9.59 Å². The van der Waals surface area contributed by atoms with E-state index in [4.69, 9.17) is 4.74 Å². The van der Waals surface area contributed by atoms with Gasteiger partial charge in [-0.1, -0.05) is 6.07 Å². The molecule has 0 saturated carbocycles. The van der Waals surface area contributed by atoms with Crippen molar-refractivity contribution in [1.82, 2.24) is 15.1 Å². The van der Waals surface area contributed by atoms with Crippen LogP contribution in [0.4, 0.5) is 0 Å². The first-order valence-corrected chi connectivity index (χ1v) is 7.76. The molecule has 128 valence electrons. The van der Waals surface area contributed by atoms with Gasteiger partial charge in [0.15, 0.2) is 0 Å². The molecule has 0 aliphatic carbocycles. The fraction of sp³-hybridized carbons (Fsp3) is 0.529. The van der Waals surface area contributed by atoms with Crippen molar-refractivity contribution in [2.24, 2.45) is 0 Å². The largest absolute Gasteiger partial charge is 0.497 e. The number of rotatable bonds is 9. The van der Waals surface area contributed by atoms with Crippen molar-refractivity contribution in [2.45, 2.75) is 13.3 Å². The Labute approximate surface area is 138 Å². The SMILES string of the molecule is COc1cccc(C(=O)NCCN(CCCN(C)C)C(C)=O)c1. The van der Waals surface area contributed by atoms with E-state index in [1.165, 1.54) is 0 Å². The lowest BCUT2D eigenvalue weighted by Crippen LogP contribution is -2.38. The molecule has 1 N–H and O–H groups in total. The van der Waals surface area contributed by atoms with Crippen molar-refractivity contribution in [1.29, 1.82) is 0 Å². The summed E-state index contributed by atoms with van der Waals surface area (Å²) in [5.41, 5.74) is 0.548. The first kappa shape index (κ1) is 19.0. The van der Waals surface area contributed by atoms with Gasteiger partial charge in [0.1, 0.15) is 5.75 Å². The average Bonchev–Trinajstić information content (AvgIpc) is 2.52. The van der Waals surface area contributed by atoms with Gasteiger partial charge in [-0.3, -0.25) is 9.59 Å². The summed E-state index contributed by atoms with van der Waals surface area (Å²) in [5, 5.41) is 2.84. The number of amides is 2. The third-order valence-electron chi connectivity index (χ3n) is 3.48. The Morgan fingerprint density at radius 3 is 2.52 bits per heavy atom. The number of hydrogen-bond donors (Lipinski definition) is 1. The lowest BCUT2D eigenvalue weighted by atomic mass is 10.2. The predicted molar refractivity (Wildman–Crippen MR) is 90.8 cm³/mol. The maximum atomic E-state index is 12.1.